The number of nitrogens with two attached hydrogens (primary N) is 1. The van der Waals surface area contributed by atoms with Gasteiger partial charge in [-0.1, -0.05) is 24.3 Å². The number of carbonyl (C=O) groups is 1. The van der Waals surface area contributed by atoms with Gasteiger partial charge in [-0.3, -0.25) is 9.78 Å². The summed E-state index contributed by atoms with van der Waals surface area (Å²) in [6, 6.07) is 15.7. The molecule has 158 valence electrons. The number of sulfonamides is 1. The number of aromatic nitrogens is 1. The fraction of sp³-hybridized carbons (Fsp3) is 0.217. The molecule has 7 nitrogen and oxygen atoms in total. The van der Waals surface area contributed by atoms with Gasteiger partial charge >= 0.3 is 0 Å². The number of nitrogens with zero attached hydrogens (tertiary/aromatic N) is 1. The first-order chi connectivity index (χ1) is 14.8. The molecule has 1 aliphatic carbocycles. The van der Waals surface area contributed by atoms with Gasteiger partial charge in [-0.15, -0.1) is 0 Å². The Hall–Kier alpha value is -3.23. The summed E-state index contributed by atoms with van der Waals surface area (Å²) < 4.78 is 33.6. The molecule has 1 saturated carbocycles. The largest absolute Gasteiger partial charge is 0.454 e. The highest BCUT2D eigenvalue weighted by atomic mass is 32.2. The number of carbonyl (C=O) groups excluding carboxylic acids is 1. The van der Waals surface area contributed by atoms with E-state index in [-0.39, 0.29) is 23.9 Å². The standard InChI is InChI=1S/C23H20N2O5S/c24-31(27,28)19-6-2-15(3-7-19)16-1-5-18(25-13-16)12-22(26)23(9-10-23)17-4-8-20-21(11-17)30-14-29-20/h1-8,11,13H,9-10,12,14H2,(H2,24,27,28). The van der Waals surface area contributed by atoms with Crippen molar-refractivity contribution in [1.29, 1.82) is 0 Å². The van der Waals surface area contributed by atoms with Gasteiger partial charge in [0.05, 0.1) is 10.3 Å². The van der Waals surface area contributed by atoms with Gasteiger partial charge < -0.3 is 9.47 Å². The average Bonchev–Trinajstić information content (AvgIpc) is 3.45. The minimum atomic E-state index is -3.72. The van der Waals surface area contributed by atoms with E-state index in [0.29, 0.717) is 17.2 Å². The fourth-order valence-electron chi connectivity index (χ4n) is 3.92. The maximum Gasteiger partial charge on any atom is 0.238 e. The second-order valence-electron chi connectivity index (χ2n) is 7.86. The van der Waals surface area contributed by atoms with E-state index in [1.54, 1.807) is 18.3 Å². The van der Waals surface area contributed by atoms with E-state index in [1.165, 1.54) is 12.1 Å². The molecule has 2 aliphatic rings. The number of primary sulfonamides is 1. The summed E-state index contributed by atoms with van der Waals surface area (Å²) in [4.78, 5) is 17.6. The second kappa shape index (κ2) is 7.18. The zero-order chi connectivity index (χ0) is 21.6. The zero-order valence-corrected chi connectivity index (χ0v) is 17.4. The molecule has 0 radical (unpaired) electrons. The minimum Gasteiger partial charge on any atom is -0.454 e. The summed E-state index contributed by atoms with van der Waals surface area (Å²) in [6.07, 6.45) is 3.58. The molecule has 5 rings (SSSR count). The third-order valence-electron chi connectivity index (χ3n) is 5.89. The van der Waals surface area contributed by atoms with Crippen LogP contribution in [0.2, 0.25) is 0 Å². The summed E-state index contributed by atoms with van der Waals surface area (Å²) in [5.74, 6) is 1.54. The molecule has 0 unspecified atom stereocenters. The van der Waals surface area contributed by atoms with Gasteiger partial charge in [0.25, 0.3) is 0 Å². The third kappa shape index (κ3) is 3.68. The van der Waals surface area contributed by atoms with Crippen LogP contribution < -0.4 is 14.6 Å². The van der Waals surface area contributed by atoms with Crippen LogP contribution in [0.25, 0.3) is 11.1 Å². The zero-order valence-electron chi connectivity index (χ0n) is 16.6. The van der Waals surface area contributed by atoms with Crippen LogP contribution in [0.3, 0.4) is 0 Å². The van der Waals surface area contributed by atoms with Crippen LogP contribution >= 0.6 is 0 Å². The molecular formula is C23H20N2O5S. The van der Waals surface area contributed by atoms with E-state index in [4.69, 9.17) is 14.6 Å². The third-order valence-corrected chi connectivity index (χ3v) is 6.82. The lowest BCUT2D eigenvalue weighted by Gasteiger charge is -2.15. The molecule has 0 bridgehead atoms. The lowest BCUT2D eigenvalue weighted by Crippen LogP contribution is -2.22. The molecule has 8 heteroatoms. The topological polar surface area (TPSA) is 109 Å². The summed E-state index contributed by atoms with van der Waals surface area (Å²) in [6.45, 7) is 0.209. The van der Waals surface area contributed by atoms with Crippen molar-refractivity contribution in [2.75, 3.05) is 6.79 Å². The molecule has 1 aromatic heterocycles. The smallest absolute Gasteiger partial charge is 0.238 e. The predicted molar refractivity (Wildman–Crippen MR) is 113 cm³/mol. The second-order valence-corrected chi connectivity index (χ2v) is 9.42. The first kappa shape index (κ1) is 19.7. The van der Waals surface area contributed by atoms with E-state index >= 15 is 0 Å². The van der Waals surface area contributed by atoms with Gasteiger partial charge in [0.1, 0.15) is 5.78 Å². The number of fused-ring (bicyclic) bond motifs is 1. The van der Waals surface area contributed by atoms with Gasteiger partial charge in [0.2, 0.25) is 16.8 Å². The quantitative estimate of drug-likeness (QED) is 0.636. The number of hydrogen-bond donors (Lipinski definition) is 1. The molecule has 0 spiro atoms. The Kier molecular flexibility index (Phi) is 4.56. The highest BCUT2D eigenvalue weighted by Crippen LogP contribution is 2.51. The lowest BCUT2D eigenvalue weighted by molar-refractivity contribution is -0.120. The normalized spacial score (nSPS) is 16.2. The monoisotopic (exact) mass is 436 g/mol. The van der Waals surface area contributed by atoms with Crippen LogP contribution in [0.4, 0.5) is 0 Å². The van der Waals surface area contributed by atoms with Crippen LogP contribution in [-0.4, -0.2) is 26.0 Å². The van der Waals surface area contributed by atoms with Gasteiger partial charge in [-0.2, -0.15) is 0 Å². The van der Waals surface area contributed by atoms with Crippen LogP contribution in [0, 0.1) is 0 Å². The van der Waals surface area contributed by atoms with Crippen molar-refractivity contribution in [3.05, 3.63) is 72.1 Å². The minimum absolute atomic E-state index is 0.0599. The lowest BCUT2D eigenvalue weighted by atomic mass is 9.88. The Morgan fingerprint density at radius 1 is 0.968 bits per heavy atom. The Morgan fingerprint density at radius 2 is 1.68 bits per heavy atom. The first-order valence-corrected chi connectivity index (χ1v) is 11.4. The van der Waals surface area contributed by atoms with Crippen molar-refractivity contribution in [1.82, 2.24) is 4.98 Å². The number of rotatable bonds is 6. The Balaban J connectivity index is 1.31. The predicted octanol–water partition coefficient (Wildman–Crippen LogP) is 2.97. The highest BCUT2D eigenvalue weighted by molar-refractivity contribution is 7.89. The van der Waals surface area contributed by atoms with E-state index in [9.17, 15) is 13.2 Å². The van der Waals surface area contributed by atoms with Gasteiger partial charge in [-0.25, -0.2) is 13.6 Å². The number of Topliss-reactive ketones (excluding diaryl/α,β-unsaturated/α-hetero) is 1. The summed E-state index contributed by atoms with van der Waals surface area (Å²) in [5, 5.41) is 5.14. The number of ether oxygens (including phenoxy) is 2. The summed E-state index contributed by atoms with van der Waals surface area (Å²) >= 11 is 0. The summed E-state index contributed by atoms with van der Waals surface area (Å²) in [7, 11) is -3.72. The van der Waals surface area contributed by atoms with Crippen molar-refractivity contribution < 1.29 is 22.7 Å². The molecular weight excluding hydrogens is 416 g/mol. The van der Waals surface area contributed by atoms with Gasteiger partial charge in [-0.05, 0) is 54.3 Å². The van der Waals surface area contributed by atoms with Crippen LogP contribution in [0.1, 0.15) is 24.1 Å². The van der Waals surface area contributed by atoms with Crippen molar-refractivity contribution in [3.8, 4) is 22.6 Å². The molecule has 31 heavy (non-hydrogen) atoms. The molecule has 2 aromatic carbocycles. The van der Waals surface area contributed by atoms with E-state index < -0.39 is 15.4 Å². The number of benzene rings is 2. The molecule has 0 saturated heterocycles. The molecule has 0 amide bonds. The van der Waals surface area contributed by atoms with E-state index in [1.807, 2.05) is 30.3 Å². The Morgan fingerprint density at radius 3 is 2.32 bits per heavy atom. The fourth-order valence-corrected chi connectivity index (χ4v) is 4.43. The maximum absolute atomic E-state index is 13.1. The maximum atomic E-state index is 13.1. The van der Waals surface area contributed by atoms with E-state index in [2.05, 4.69) is 4.98 Å². The van der Waals surface area contributed by atoms with Gasteiger partial charge in [0.15, 0.2) is 11.5 Å². The van der Waals surface area contributed by atoms with Crippen molar-refractivity contribution in [3.63, 3.8) is 0 Å². The Labute approximate surface area is 179 Å². The summed E-state index contributed by atoms with van der Waals surface area (Å²) in [5.41, 5.74) is 2.84. The highest BCUT2D eigenvalue weighted by Gasteiger charge is 2.50. The molecule has 0 atom stereocenters. The van der Waals surface area contributed by atoms with Crippen molar-refractivity contribution >= 4 is 15.8 Å². The van der Waals surface area contributed by atoms with Crippen molar-refractivity contribution in [2.24, 2.45) is 5.14 Å². The molecule has 1 aliphatic heterocycles. The number of ketones is 1. The molecule has 2 heterocycles. The molecule has 1 fully saturated rings. The molecule has 3 aromatic rings. The molecule has 2 N–H and O–H groups in total. The van der Waals surface area contributed by atoms with Crippen molar-refractivity contribution in [2.45, 2.75) is 29.6 Å². The van der Waals surface area contributed by atoms with Crippen LogP contribution in [0.5, 0.6) is 11.5 Å². The SMILES string of the molecule is NS(=O)(=O)c1ccc(-c2ccc(CC(=O)C3(c4ccc5c(c4)OCO5)CC3)nc2)cc1. The number of hydrogen-bond acceptors (Lipinski definition) is 6. The Bertz CT molecular complexity index is 1260. The van der Waals surface area contributed by atoms with Gasteiger partial charge in [0, 0.05) is 23.9 Å². The first-order valence-electron chi connectivity index (χ1n) is 9.87. The van der Waals surface area contributed by atoms with Crippen LogP contribution in [-0.2, 0) is 26.7 Å². The average molecular weight is 436 g/mol. The van der Waals surface area contributed by atoms with Crippen LogP contribution in [0.15, 0.2) is 65.7 Å². The number of pyridine rings is 1. The van der Waals surface area contributed by atoms with E-state index in [0.717, 1.165) is 29.5 Å².